The topological polar surface area (TPSA) is 86.5 Å². The zero-order valence-corrected chi connectivity index (χ0v) is 10.5. The zero-order chi connectivity index (χ0) is 14.1. The summed E-state index contributed by atoms with van der Waals surface area (Å²) in [5, 5.41) is 10.6. The standard InChI is InChI=1S/C10H9NO5.C2H6/c1-16-10(13)9(12)6-7-4-2-3-5-8(7)11(14)15;1-2/h2-5H,6H2,1H3;1-2H3. The average molecular weight is 253 g/mol. The van der Waals surface area contributed by atoms with Crippen molar-refractivity contribution in [3.05, 3.63) is 39.9 Å². The first-order valence-electron chi connectivity index (χ1n) is 5.39. The third kappa shape index (κ3) is 4.32. The number of methoxy groups -OCH3 is 1. The van der Waals surface area contributed by atoms with E-state index in [0.29, 0.717) is 0 Å². The number of nitrogens with zero attached hydrogens (tertiary/aromatic N) is 1. The fraction of sp³-hybridized carbons (Fsp3) is 0.333. The van der Waals surface area contributed by atoms with Crippen molar-refractivity contribution in [1.82, 2.24) is 0 Å². The molecule has 0 spiro atoms. The molecule has 6 nitrogen and oxygen atoms in total. The third-order valence-electron chi connectivity index (χ3n) is 1.95. The summed E-state index contributed by atoms with van der Waals surface area (Å²) in [5.41, 5.74) is 0.0163. The Kier molecular flexibility index (Phi) is 6.95. The Bertz CT molecular complexity index is 442. The highest BCUT2D eigenvalue weighted by molar-refractivity contribution is 6.34. The Morgan fingerprint density at radius 2 is 1.83 bits per heavy atom. The van der Waals surface area contributed by atoms with Gasteiger partial charge in [-0.2, -0.15) is 0 Å². The van der Waals surface area contributed by atoms with Crippen molar-refractivity contribution in [2.75, 3.05) is 7.11 Å². The molecule has 1 aromatic carbocycles. The second kappa shape index (κ2) is 7.94. The molecule has 0 aliphatic rings. The van der Waals surface area contributed by atoms with Gasteiger partial charge in [-0.25, -0.2) is 4.79 Å². The minimum Gasteiger partial charge on any atom is -0.463 e. The van der Waals surface area contributed by atoms with E-state index in [1.165, 1.54) is 18.2 Å². The summed E-state index contributed by atoms with van der Waals surface area (Å²) in [4.78, 5) is 32.1. The number of nitro benzene ring substituents is 1. The smallest absolute Gasteiger partial charge is 0.374 e. The lowest BCUT2D eigenvalue weighted by Crippen LogP contribution is -2.18. The maximum Gasteiger partial charge on any atom is 0.374 e. The van der Waals surface area contributed by atoms with E-state index < -0.39 is 16.7 Å². The van der Waals surface area contributed by atoms with Gasteiger partial charge in [-0.15, -0.1) is 0 Å². The van der Waals surface area contributed by atoms with Gasteiger partial charge in [-0.05, 0) is 0 Å². The van der Waals surface area contributed by atoms with E-state index in [2.05, 4.69) is 4.74 Å². The van der Waals surface area contributed by atoms with E-state index in [4.69, 9.17) is 0 Å². The summed E-state index contributed by atoms with van der Waals surface area (Å²) in [6, 6.07) is 5.76. The molecule has 1 aromatic rings. The van der Waals surface area contributed by atoms with Crippen molar-refractivity contribution in [2.45, 2.75) is 20.3 Å². The van der Waals surface area contributed by atoms with Gasteiger partial charge < -0.3 is 4.74 Å². The van der Waals surface area contributed by atoms with Crippen LogP contribution in [-0.2, 0) is 20.7 Å². The normalized spacial score (nSPS) is 8.83. The number of carbonyl (C=O) groups is 2. The van der Waals surface area contributed by atoms with Gasteiger partial charge in [0.1, 0.15) is 0 Å². The van der Waals surface area contributed by atoms with Gasteiger partial charge in [0.05, 0.1) is 12.0 Å². The molecule has 0 amide bonds. The predicted octanol–water partition coefficient (Wildman–Crippen LogP) is 1.91. The minimum atomic E-state index is -1.00. The number of hydrogen-bond acceptors (Lipinski definition) is 5. The van der Waals surface area contributed by atoms with Crippen LogP contribution in [0.5, 0.6) is 0 Å². The Hall–Kier alpha value is -2.24. The Morgan fingerprint density at radius 3 is 2.33 bits per heavy atom. The van der Waals surface area contributed by atoms with Crippen LogP contribution in [0.25, 0.3) is 0 Å². The maximum absolute atomic E-state index is 11.2. The summed E-state index contributed by atoms with van der Waals surface area (Å²) in [6.45, 7) is 4.00. The van der Waals surface area contributed by atoms with Crippen LogP contribution < -0.4 is 0 Å². The molecule has 1 rings (SSSR count). The molecule has 0 atom stereocenters. The maximum atomic E-state index is 11.2. The molecule has 18 heavy (non-hydrogen) atoms. The number of ether oxygens (including phenoxy) is 1. The van der Waals surface area contributed by atoms with Crippen LogP contribution in [-0.4, -0.2) is 23.8 Å². The van der Waals surface area contributed by atoms with E-state index >= 15 is 0 Å². The van der Waals surface area contributed by atoms with Crippen LogP contribution in [0.15, 0.2) is 24.3 Å². The van der Waals surface area contributed by atoms with Gasteiger partial charge >= 0.3 is 5.97 Å². The van der Waals surface area contributed by atoms with Crippen LogP contribution >= 0.6 is 0 Å². The van der Waals surface area contributed by atoms with E-state index in [1.807, 2.05) is 13.8 Å². The molecule has 0 saturated carbocycles. The van der Waals surface area contributed by atoms with Gasteiger partial charge in [-0.1, -0.05) is 32.0 Å². The summed E-state index contributed by atoms with van der Waals surface area (Å²) < 4.78 is 4.23. The first kappa shape index (κ1) is 15.8. The molecule has 0 aliphatic carbocycles. The molecule has 0 N–H and O–H groups in total. The number of rotatable bonds is 4. The number of para-hydroxylation sites is 1. The molecular weight excluding hydrogens is 238 g/mol. The summed E-state index contributed by atoms with van der Waals surface area (Å²) in [7, 11) is 1.08. The number of hydrogen-bond donors (Lipinski definition) is 0. The van der Waals surface area contributed by atoms with E-state index in [-0.39, 0.29) is 17.7 Å². The highest BCUT2D eigenvalue weighted by Gasteiger charge is 2.20. The number of Topliss-reactive ketones (excluding diaryl/α,β-unsaturated/α-hetero) is 1. The molecule has 0 fully saturated rings. The minimum absolute atomic E-state index is 0.181. The molecule has 0 radical (unpaired) electrons. The number of benzene rings is 1. The number of nitro groups is 1. The summed E-state index contributed by atoms with van der Waals surface area (Å²) in [6.07, 6.45) is -0.330. The molecule has 0 heterocycles. The monoisotopic (exact) mass is 253 g/mol. The molecular formula is C12H15NO5. The van der Waals surface area contributed by atoms with E-state index in [1.54, 1.807) is 6.07 Å². The molecule has 0 unspecified atom stereocenters. The number of ketones is 1. The van der Waals surface area contributed by atoms with Gasteiger partial charge in [0.2, 0.25) is 5.78 Å². The van der Waals surface area contributed by atoms with Crippen molar-refractivity contribution in [3.8, 4) is 0 Å². The van der Waals surface area contributed by atoms with Crippen molar-refractivity contribution in [2.24, 2.45) is 0 Å². The highest BCUT2D eigenvalue weighted by atomic mass is 16.6. The fourth-order valence-electron chi connectivity index (χ4n) is 1.20. The molecule has 0 bridgehead atoms. The van der Waals surface area contributed by atoms with Crippen molar-refractivity contribution in [3.63, 3.8) is 0 Å². The molecule has 0 saturated heterocycles. The van der Waals surface area contributed by atoms with Gasteiger partial charge in [0, 0.05) is 18.1 Å². The van der Waals surface area contributed by atoms with Gasteiger partial charge in [-0.3, -0.25) is 14.9 Å². The number of carbonyl (C=O) groups excluding carboxylic acids is 2. The van der Waals surface area contributed by atoms with E-state index in [9.17, 15) is 19.7 Å². The second-order valence-corrected chi connectivity index (χ2v) is 2.98. The molecule has 0 aliphatic heterocycles. The largest absolute Gasteiger partial charge is 0.463 e. The average Bonchev–Trinajstić information content (AvgIpc) is 2.40. The fourth-order valence-corrected chi connectivity index (χ4v) is 1.20. The lowest BCUT2D eigenvalue weighted by atomic mass is 10.1. The lowest BCUT2D eigenvalue weighted by Gasteiger charge is -2.00. The van der Waals surface area contributed by atoms with Crippen LogP contribution in [0.2, 0.25) is 0 Å². The first-order chi connectivity index (χ1) is 8.56. The lowest BCUT2D eigenvalue weighted by molar-refractivity contribution is -0.385. The molecule has 98 valence electrons. The van der Waals surface area contributed by atoms with Gasteiger partial charge in [0.15, 0.2) is 0 Å². The van der Waals surface area contributed by atoms with Crippen LogP contribution in [0.4, 0.5) is 5.69 Å². The SMILES string of the molecule is CC.COC(=O)C(=O)Cc1ccccc1[N+](=O)[O-]. The number of esters is 1. The van der Waals surface area contributed by atoms with Crippen molar-refractivity contribution in [1.29, 1.82) is 0 Å². The Balaban J connectivity index is 0.00000137. The van der Waals surface area contributed by atoms with Crippen LogP contribution in [0, 0.1) is 10.1 Å². The second-order valence-electron chi connectivity index (χ2n) is 2.98. The van der Waals surface area contributed by atoms with Crippen molar-refractivity contribution >= 4 is 17.4 Å². The zero-order valence-electron chi connectivity index (χ0n) is 10.5. The summed E-state index contributed by atoms with van der Waals surface area (Å²) in [5.74, 6) is -1.81. The Labute approximate surface area is 105 Å². The first-order valence-corrected chi connectivity index (χ1v) is 5.39. The van der Waals surface area contributed by atoms with Crippen LogP contribution in [0.3, 0.4) is 0 Å². The van der Waals surface area contributed by atoms with E-state index in [0.717, 1.165) is 7.11 Å². The molecule has 0 aromatic heterocycles. The highest BCUT2D eigenvalue weighted by Crippen LogP contribution is 2.18. The van der Waals surface area contributed by atoms with Crippen LogP contribution in [0.1, 0.15) is 19.4 Å². The quantitative estimate of drug-likeness (QED) is 0.354. The third-order valence-corrected chi connectivity index (χ3v) is 1.95. The molecule has 6 heteroatoms. The van der Waals surface area contributed by atoms with Crippen molar-refractivity contribution < 1.29 is 19.2 Å². The Morgan fingerprint density at radius 1 is 1.28 bits per heavy atom. The van der Waals surface area contributed by atoms with Gasteiger partial charge in [0.25, 0.3) is 5.69 Å². The predicted molar refractivity (Wildman–Crippen MR) is 65.2 cm³/mol. The summed E-state index contributed by atoms with van der Waals surface area (Å²) >= 11 is 0.